The van der Waals surface area contributed by atoms with Crippen molar-refractivity contribution in [2.24, 2.45) is 0 Å². The molecular formula is C26H26N4O3. The molecule has 0 unspecified atom stereocenters. The second-order valence-corrected chi connectivity index (χ2v) is 7.88. The number of carbonyl (C=O) groups is 3. The van der Waals surface area contributed by atoms with E-state index >= 15 is 0 Å². The summed E-state index contributed by atoms with van der Waals surface area (Å²) < 4.78 is 0. The highest BCUT2D eigenvalue weighted by Gasteiger charge is 2.19. The number of nitrogens with zero attached hydrogens (tertiary/aromatic N) is 1. The van der Waals surface area contributed by atoms with Gasteiger partial charge in [0.15, 0.2) is 0 Å². The molecule has 0 spiro atoms. The maximum Gasteiger partial charge on any atom is 0.255 e. The van der Waals surface area contributed by atoms with E-state index < -0.39 is 0 Å². The molecule has 0 atom stereocenters. The summed E-state index contributed by atoms with van der Waals surface area (Å²) in [6, 6.07) is 23.1. The molecule has 1 aliphatic rings. The number of nitrogens with one attached hydrogen (secondary N) is 3. The Morgan fingerprint density at radius 3 is 2.12 bits per heavy atom. The molecule has 3 N–H and O–H groups in total. The van der Waals surface area contributed by atoms with E-state index in [1.165, 1.54) is 0 Å². The first-order valence-corrected chi connectivity index (χ1v) is 11.0. The van der Waals surface area contributed by atoms with E-state index in [0.29, 0.717) is 28.2 Å². The van der Waals surface area contributed by atoms with Crippen LogP contribution in [0.5, 0.6) is 0 Å². The molecule has 0 bridgehead atoms. The lowest BCUT2D eigenvalue weighted by atomic mass is 10.2. The van der Waals surface area contributed by atoms with E-state index in [9.17, 15) is 14.4 Å². The Hall–Kier alpha value is -4.13. The van der Waals surface area contributed by atoms with Gasteiger partial charge < -0.3 is 20.9 Å². The number of anilines is 3. The maximum absolute atomic E-state index is 12.4. The van der Waals surface area contributed by atoms with Crippen LogP contribution < -0.4 is 16.0 Å². The molecule has 3 amide bonds. The van der Waals surface area contributed by atoms with Gasteiger partial charge in [0, 0.05) is 41.3 Å². The predicted molar refractivity (Wildman–Crippen MR) is 130 cm³/mol. The monoisotopic (exact) mass is 442 g/mol. The summed E-state index contributed by atoms with van der Waals surface area (Å²) in [5.41, 5.74) is 3.17. The van der Waals surface area contributed by atoms with Crippen molar-refractivity contribution in [2.45, 2.75) is 12.8 Å². The highest BCUT2D eigenvalue weighted by atomic mass is 16.2. The lowest BCUT2D eigenvalue weighted by Gasteiger charge is -2.15. The summed E-state index contributed by atoms with van der Waals surface area (Å²) in [6.07, 6.45) is 2.10. The average Bonchev–Trinajstić information content (AvgIpc) is 3.39. The molecule has 3 aromatic rings. The number of hydrogen-bond acceptors (Lipinski definition) is 4. The van der Waals surface area contributed by atoms with Crippen molar-refractivity contribution in [2.75, 3.05) is 35.6 Å². The van der Waals surface area contributed by atoms with Crippen molar-refractivity contribution in [3.8, 4) is 0 Å². The van der Waals surface area contributed by atoms with Crippen LogP contribution in [0.1, 0.15) is 33.6 Å². The fourth-order valence-electron chi connectivity index (χ4n) is 3.69. The van der Waals surface area contributed by atoms with Gasteiger partial charge in [-0.2, -0.15) is 0 Å². The Kier molecular flexibility index (Phi) is 6.99. The molecule has 7 nitrogen and oxygen atoms in total. The van der Waals surface area contributed by atoms with E-state index in [4.69, 9.17) is 0 Å². The Labute approximate surface area is 192 Å². The van der Waals surface area contributed by atoms with Crippen LogP contribution in [0.2, 0.25) is 0 Å². The molecule has 4 rings (SSSR count). The van der Waals surface area contributed by atoms with Crippen molar-refractivity contribution in [1.82, 2.24) is 4.90 Å². The molecule has 0 saturated carbocycles. The second kappa shape index (κ2) is 10.5. The molecule has 1 aliphatic heterocycles. The summed E-state index contributed by atoms with van der Waals surface area (Å²) in [6.45, 7) is 1.67. The Morgan fingerprint density at radius 1 is 0.697 bits per heavy atom. The molecule has 1 saturated heterocycles. The van der Waals surface area contributed by atoms with Gasteiger partial charge in [0.25, 0.3) is 11.8 Å². The van der Waals surface area contributed by atoms with Crippen LogP contribution >= 0.6 is 0 Å². The molecule has 168 valence electrons. The van der Waals surface area contributed by atoms with E-state index in [1.54, 1.807) is 54.6 Å². The van der Waals surface area contributed by atoms with E-state index in [2.05, 4.69) is 16.0 Å². The van der Waals surface area contributed by atoms with Gasteiger partial charge in [0.05, 0.1) is 6.54 Å². The minimum atomic E-state index is -0.215. The third-order valence-corrected chi connectivity index (χ3v) is 5.42. The number of carbonyl (C=O) groups excluding carboxylic acids is 3. The molecule has 33 heavy (non-hydrogen) atoms. The Morgan fingerprint density at radius 2 is 1.39 bits per heavy atom. The summed E-state index contributed by atoms with van der Waals surface area (Å²) in [5.74, 6) is -0.379. The van der Waals surface area contributed by atoms with Crippen LogP contribution in [-0.2, 0) is 4.79 Å². The zero-order chi connectivity index (χ0) is 23.0. The van der Waals surface area contributed by atoms with Gasteiger partial charge in [-0.25, -0.2) is 0 Å². The summed E-state index contributed by atoms with van der Waals surface area (Å²) in [5, 5.41) is 8.73. The first-order chi connectivity index (χ1) is 16.1. The zero-order valence-corrected chi connectivity index (χ0v) is 18.2. The topological polar surface area (TPSA) is 90.5 Å². The minimum absolute atomic E-state index is 0.0336. The molecule has 0 aromatic heterocycles. The lowest BCUT2D eigenvalue weighted by Crippen LogP contribution is -2.27. The van der Waals surface area contributed by atoms with Gasteiger partial charge in [0.2, 0.25) is 5.91 Å². The van der Waals surface area contributed by atoms with Crippen LogP contribution in [0.3, 0.4) is 0 Å². The van der Waals surface area contributed by atoms with Gasteiger partial charge in [-0.3, -0.25) is 14.4 Å². The van der Waals surface area contributed by atoms with Crippen molar-refractivity contribution in [3.63, 3.8) is 0 Å². The van der Waals surface area contributed by atoms with Gasteiger partial charge >= 0.3 is 0 Å². The standard InChI is InChI=1S/C26H26N4O3/c31-24(28-21-13-11-20(12-14-21)26(33)30-15-4-5-16-30)18-27-22-9-6-10-23(17-22)29-25(32)19-7-2-1-3-8-19/h1-3,6-14,17,27H,4-5,15-16,18H2,(H,28,31)(H,29,32). The SMILES string of the molecule is O=C(CNc1cccc(NC(=O)c2ccccc2)c1)Nc1ccc(C(=O)N2CCCC2)cc1. The maximum atomic E-state index is 12.4. The number of hydrogen-bond donors (Lipinski definition) is 3. The van der Waals surface area contributed by atoms with Crippen LogP contribution in [0.25, 0.3) is 0 Å². The molecule has 1 heterocycles. The molecule has 1 fully saturated rings. The highest BCUT2D eigenvalue weighted by molar-refractivity contribution is 6.04. The van der Waals surface area contributed by atoms with Gasteiger partial charge in [0.1, 0.15) is 0 Å². The van der Waals surface area contributed by atoms with Crippen molar-refractivity contribution >= 4 is 34.8 Å². The molecule has 0 aliphatic carbocycles. The molecule has 3 aromatic carbocycles. The van der Waals surface area contributed by atoms with Crippen LogP contribution in [-0.4, -0.2) is 42.3 Å². The van der Waals surface area contributed by atoms with Gasteiger partial charge in [-0.1, -0.05) is 24.3 Å². The smallest absolute Gasteiger partial charge is 0.255 e. The van der Waals surface area contributed by atoms with Crippen molar-refractivity contribution < 1.29 is 14.4 Å². The number of likely N-dealkylation sites (tertiary alicyclic amines) is 1. The number of benzene rings is 3. The van der Waals surface area contributed by atoms with Crippen molar-refractivity contribution in [3.05, 3.63) is 90.0 Å². The highest BCUT2D eigenvalue weighted by Crippen LogP contribution is 2.17. The minimum Gasteiger partial charge on any atom is -0.376 e. The number of rotatable bonds is 7. The van der Waals surface area contributed by atoms with Crippen molar-refractivity contribution in [1.29, 1.82) is 0 Å². The largest absolute Gasteiger partial charge is 0.376 e. The Bertz CT molecular complexity index is 1120. The van der Waals surface area contributed by atoms with Crippen LogP contribution in [0, 0.1) is 0 Å². The summed E-state index contributed by atoms with van der Waals surface area (Å²) >= 11 is 0. The Balaban J connectivity index is 1.28. The third kappa shape index (κ3) is 5.98. The second-order valence-electron chi connectivity index (χ2n) is 7.88. The van der Waals surface area contributed by atoms with E-state index in [0.717, 1.165) is 25.9 Å². The molecule has 7 heteroatoms. The van der Waals surface area contributed by atoms with Crippen LogP contribution in [0.15, 0.2) is 78.9 Å². The summed E-state index contributed by atoms with van der Waals surface area (Å²) in [4.78, 5) is 38.9. The molecule has 0 radical (unpaired) electrons. The van der Waals surface area contributed by atoms with E-state index in [1.807, 2.05) is 29.2 Å². The van der Waals surface area contributed by atoms with E-state index in [-0.39, 0.29) is 24.3 Å². The normalized spacial score (nSPS) is 12.8. The lowest BCUT2D eigenvalue weighted by molar-refractivity contribution is -0.114. The third-order valence-electron chi connectivity index (χ3n) is 5.42. The fourth-order valence-corrected chi connectivity index (χ4v) is 3.69. The van der Waals surface area contributed by atoms with Gasteiger partial charge in [-0.05, 0) is 67.4 Å². The first-order valence-electron chi connectivity index (χ1n) is 11.0. The fraction of sp³-hybridized carbons (Fsp3) is 0.192. The first kappa shape index (κ1) is 22.1. The van der Waals surface area contributed by atoms with Gasteiger partial charge in [-0.15, -0.1) is 0 Å². The quantitative estimate of drug-likeness (QED) is 0.511. The average molecular weight is 443 g/mol. The molecular weight excluding hydrogens is 416 g/mol. The number of amides is 3. The zero-order valence-electron chi connectivity index (χ0n) is 18.2. The van der Waals surface area contributed by atoms with Crippen LogP contribution in [0.4, 0.5) is 17.1 Å². The predicted octanol–water partition coefficient (Wildman–Crippen LogP) is 4.23. The summed E-state index contributed by atoms with van der Waals surface area (Å²) in [7, 11) is 0.